The summed E-state index contributed by atoms with van der Waals surface area (Å²) in [6.45, 7) is 1.72. The second-order valence-electron chi connectivity index (χ2n) is 9.29. The molecule has 1 saturated carbocycles. The van der Waals surface area contributed by atoms with Crippen LogP contribution in [-0.4, -0.2) is 68.3 Å². The highest BCUT2D eigenvalue weighted by molar-refractivity contribution is 5.85. The lowest BCUT2D eigenvalue weighted by molar-refractivity contribution is -0.177. The summed E-state index contributed by atoms with van der Waals surface area (Å²) in [6.07, 6.45) is 2.95. The molecule has 2 aromatic carbocycles. The summed E-state index contributed by atoms with van der Waals surface area (Å²) >= 11 is 0. The third kappa shape index (κ3) is 5.53. The van der Waals surface area contributed by atoms with Crippen molar-refractivity contribution in [3.8, 4) is 0 Å². The van der Waals surface area contributed by atoms with Crippen LogP contribution in [0.5, 0.6) is 0 Å². The normalized spacial score (nSPS) is 20.2. The minimum absolute atomic E-state index is 0.231. The number of aliphatic hydroxyl groups is 1. The summed E-state index contributed by atoms with van der Waals surface area (Å²) in [6, 6.07) is 18.2. The second kappa shape index (κ2) is 10.4. The molecule has 0 aromatic heterocycles. The van der Waals surface area contributed by atoms with E-state index in [-0.39, 0.29) is 17.9 Å². The zero-order chi connectivity index (χ0) is 22.4. The molecule has 5 heteroatoms. The second-order valence-corrected chi connectivity index (χ2v) is 9.29. The van der Waals surface area contributed by atoms with E-state index in [1.54, 1.807) is 24.3 Å². The van der Waals surface area contributed by atoms with Gasteiger partial charge in [0.2, 0.25) is 5.60 Å². The Kier molecular flexibility index (Phi) is 7.87. The van der Waals surface area contributed by atoms with Crippen molar-refractivity contribution in [1.29, 1.82) is 0 Å². The van der Waals surface area contributed by atoms with E-state index in [0.717, 1.165) is 32.4 Å². The van der Waals surface area contributed by atoms with Gasteiger partial charge in [-0.05, 0) is 52.2 Å². The van der Waals surface area contributed by atoms with E-state index < -0.39 is 11.6 Å². The number of rotatable bonds is 8. The van der Waals surface area contributed by atoms with Crippen LogP contribution >= 0.6 is 0 Å². The van der Waals surface area contributed by atoms with E-state index in [1.165, 1.54) is 0 Å². The summed E-state index contributed by atoms with van der Waals surface area (Å²) in [7, 11) is 8.22. The number of hydrogen-bond donors (Lipinski definition) is 1. The quantitative estimate of drug-likeness (QED) is 0.659. The standard InChI is InChI=1S/C26H36N2O3/c1-27(2)18-20-12-11-13-21(19-28(3)4)24(20)31-25(29)26(30,22-14-7-5-8-15-22)23-16-9-6-10-17-23/h5-10,14-17,20-21,24,30H,11-13,18-19H2,1-4H3/t20-,21-/m0/s1. The van der Waals surface area contributed by atoms with Gasteiger partial charge in [-0.15, -0.1) is 0 Å². The smallest absolute Gasteiger partial charge is 0.347 e. The highest BCUT2D eigenvalue weighted by Gasteiger charge is 2.45. The van der Waals surface area contributed by atoms with E-state index >= 15 is 0 Å². The number of benzene rings is 2. The van der Waals surface area contributed by atoms with E-state index in [1.807, 2.05) is 36.4 Å². The lowest BCUT2D eigenvalue weighted by Gasteiger charge is -2.41. The maximum Gasteiger partial charge on any atom is 0.347 e. The number of esters is 1. The van der Waals surface area contributed by atoms with E-state index in [0.29, 0.717) is 11.1 Å². The van der Waals surface area contributed by atoms with Gasteiger partial charge in [-0.3, -0.25) is 0 Å². The first kappa shape index (κ1) is 23.5. The van der Waals surface area contributed by atoms with Crippen molar-refractivity contribution in [2.75, 3.05) is 41.3 Å². The fourth-order valence-electron chi connectivity index (χ4n) is 4.85. The Morgan fingerprint density at radius 3 is 1.68 bits per heavy atom. The molecule has 1 fully saturated rings. The molecule has 168 valence electrons. The Bertz CT molecular complexity index is 766. The van der Waals surface area contributed by atoms with Crippen LogP contribution in [0.3, 0.4) is 0 Å². The van der Waals surface area contributed by atoms with Gasteiger partial charge in [0, 0.05) is 24.9 Å². The average molecular weight is 425 g/mol. The average Bonchev–Trinajstić information content (AvgIpc) is 2.75. The summed E-state index contributed by atoms with van der Waals surface area (Å²) < 4.78 is 6.25. The minimum atomic E-state index is -1.84. The van der Waals surface area contributed by atoms with Crippen LogP contribution in [0.15, 0.2) is 60.7 Å². The van der Waals surface area contributed by atoms with Crippen LogP contribution in [0.2, 0.25) is 0 Å². The molecule has 0 saturated heterocycles. The largest absolute Gasteiger partial charge is 0.459 e. The SMILES string of the molecule is CN(C)C[C@@H]1CCC[C@@H](CN(C)C)C1OC(=O)C(O)(c1ccccc1)c1ccccc1. The molecule has 1 aliphatic rings. The molecule has 0 bridgehead atoms. The molecule has 0 spiro atoms. The first-order valence-electron chi connectivity index (χ1n) is 11.2. The van der Waals surface area contributed by atoms with Gasteiger partial charge in [-0.25, -0.2) is 4.79 Å². The highest BCUT2D eigenvalue weighted by atomic mass is 16.6. The maximum atomic E-state index is 13.7. The molecule has 2 aromatic rings. The zero-order valence-corrected chi connectivity index (χ0v) is 19.2. The molecule has 0 amide bonds. The molecule has 1 aliphatic carbocycles. The van der Waals surface area contributed by atoms with Crippen LogP contribution in [0.25, 0.3) is 0 Å². The number of ether oxygens (including phenoxy) is 1. The van der Waals surface area contributed by atoms with Gasteiger partial charge >= 0.3 is 5.97 Å². The molecule has 1 N–H and O–H groups in total. The summed E-state index contributed by atoms with van der Waals surface area (Å²) in [5, 5.41) is 11.8. The molecule has 3 rings (SSSR count). The third-order valence-electron chi connectivity index (χ3n) is 6.20. The minimum Gasteiger partial charge on any atom is -0.459 e. The van der Waals surface area contributed by atoms with Gasteiger partial charge in [0.1, 0.15) is 6.10 Å². The zero-order valence-electron chi connectivity index (χ0n) is 19.2. The van der Waals surface area contributed by atoms with Gasteiger partial charge in [-0.2, -0.15) is 0 Å². The predicted molar refractivity (Wildman–Crippen MR) is 124 cm³/mol. The molecular formula is C26H36N2O3. The van der Waals surface area contributed by atoms with E-state index in [9.17, 15) is 9.90 Å². The lowest BCUT2D eigenvalue weighted by atomic mass is 9.77. The number of carbonyl (C=O) groups excluding carboxylic acids is 1. The maximum absolute atomic E-state index is 13.7. The number of carbonyl (C=O) groups is 1. The summed E-state index contributed by atoms with van der Waals surface area (Å²) in [4.78, 5) is 18.0. The molecule has 2 atom stereocenters. The molecule has 5 nitrogen and oxygen atoms in total. The van der Waals surface area contributed by atoms with Crippen molar-refractivity contribution in [3.63, 3.8) is 0 Å². The Morgan fingerprint density at radius 2 is 1.29 bits per heavy atom. The third-order valence-corrected chi connectivity index (χ3v) is 6.20. The lowest BCUT2D eigenvalue weighted by Crippen LogP contribution is -2.49. The van der Waals surface area contributed by atoms with Crippen LogP contribution in [0.1, 0.15) is 30.4 Å². The Hall–Kier alpha value is -2.21. The van der Waals surface area contributed by atoms with Crippen molar-refractivity contribution in [3.05, 3.63) is 71.8 Å². The molecule has 0 aliphatic heterocycles. The fraction of sp³-hybridized carbons (Fsp3) is 0.500. The van der Waals surface area contributed by atoms with Crippen LogP contribution in [0, 0.1) is 11.8 Å². The Balaban J connectivity index is 1.96. The van der Waals surface area contributed by atoms with Crippen LogP contribution in [-0.2, 0) is 15.1 Å². The Morgan fingerprint density at radius 1 is 0.871 bits per heavy atom. The van der Waals surface area contributed by atoms with Crippen molar-refractivity contribution < 1.29 is 14.6 Å². The monoisotopic (exact) mass is 424 g/mol. The van der Waals surface area contributed by atoms with E-state index in [4.69, 9.17) is 4.74 Å². The van der Waals surface area contributed by atoms with Crippen molar-refractivity contribution in [2.45, 2.75) is 31.0 Å². The van der Waals surface area contributed by atoms with Crippen molar-refractivity contribution >= 4 is 5.97 Å². The topological polar surface area (TPSA) is 53.0 Å². The summed E-state index contributed by atoms with van der Waals surface area (Å²) in [5.41, 5.74) is -0.795. The molecule has 0 radical (unpaired) electrons. The molecule has 31 heavy (non-hydrogen) atoms. The van der Waals surface area contributed by atoms with Crippen LogP contribution < -0.4 is 0 Å². The molecule has 0 heterocycles. The van der Waals surface area contributed by atoms with Gasteiger partial charge in [0.15, 0.2) is 0 Å². The van der Waals surface area contributed by atoms with Gasteiger partial charge in [0.05, 0.1) is 0 Å². The predicted octanol–water partition coefficient (Wildman–Crippen LogP) is 3.37. The van der Waals surface area contributed by atoms with Gasteiger partial charge in [0.25, 0.3) is 0 Å². The molecule has 0 unspecified atom stereocenters. The molecular weight excluding hydrogens is 388 g/mol. The number of hydrogen-bond acceptors (Lipinski definition) is 5. The van der Waals surface area contributed by atoms with Crippen LogP contribution in [0.4, 0.5) is 0 Å². The summed E-state index contributed by atoms with van der Waals surface area (Å²) in [5.74, 6) is -0.105. The van der Waals surface area contributed by atoms with E-state index in [2.05, 4.69) is 38.0 Å². The highest BCUT2D eigenvalue weighted by Crippen LogP contribution is 2.37. The van der Waals surface area contributed by atoms with Crippen molar-refractivity contribution in [2.24, 2.45) is 11.8 Å². The first-order chi connectivity index (χ1) is 14.8. The fourth-order valence-corrected chi connectivity index (χ4v) is 4.85. The van der Waals surface area contributed by atoms with Gasteiger partial charge < -0.3 is 19.6 Å². The first-order valence-corrected chi connectivity index (χ1v) is 11.2. The Labute approximate surface area is 186 Å². The van der Waals surface area contributed by atoms with Gasteiger partial charge in [-0.1, -0.05) is 67.1 Å². The number of nitrogens with zero attached hydrogens (tertiary/aromatic N) is 2. The van der Waals surface area contributed by atoms with Crippen molar-refractivity contribution in [1.82, 2.24) is 9.80 Å².